The Bertz CT molecular complexity index is 1080. The average Bonchev–Trinajstić information content (AvgIpc) is 2.89. The molecule has 0 heterocycles. The maximum Gasteiger partial charge on any atom is 0.508 e. The Balaban J connectivity index is 3.55. The second-order valence-corrected chi connectivity index (χ2v) is 12.3. The van der Waals surface area contributed by atoms with Crippen LogP contribution in [0, 0.1) is 22.7 Å². The largest absolute Gasteiger partial charge is 0.508 e. The van der Waals surface area contributed by atoms with Crippen molar-refractivity contribution in [1.29, 1.82) is 0 Å². The van der Waals surface area contributed by atoms with Crippen molar-refractivity contribution in [1.82, 2.24) is 0 Å². The number of nitrogens with two attached hydrogens (primary N) is 1. The van der Waals surface area contributed by atoms with Crippen LogP contribution in [0.3, 0.4) is 0 Å². The second kappa shape index (κ2) is 14.7. The molecule has 10 nitrogen and oxygen atoms in total. The first kappa shape index (κ1) is 35.9. The molecule has 1 aromatic carbocycles. The summed E-state index contributed by atoms with van der Waals surface area (Å²) in [4.78, 5) is 50.3. The molecule has 10 heteroatoms. The third-order valence-electron chi connectivity index (χ3n) is 8.11. The highest BCUT2D eigenvalue weighted by atomic mass is 16.7. The Hall–Kier alpha value is -3.14. The SMILES string of the molecule is CCC(C)(C)C(=O)Oc1ccc(C(C(C)C(C)OC(=O)OC(C)C(C)C)[C@H](N)C(=O)O)cc1OC(=O)C(C)(C)CC. The Morgan fingerprint density at radius 2 is 1.27 bits per heavy atom. The molecule has 0 saturated heterocycles. The van der Waals surface area contributed by atoms with Gasteiger partial charge in [-0.2, -0.15) is 0 Å². The van der Waals surface area contributed by atoms with Crippen molar-refractivity contribution < 1.29 is 43.2 Å². The first-order chi connectivity index (χ1) is 18.8. The van der Waals surface area contributed by atoms with Crippen LogP contribution in [0.1, 0.15) is 100 Å². The number of ether oxygens (including phenoxy) is 4. The predicted molar refractivity (Wildman–Crippen MR) is 155 cm³/mol. The van der Waals surface area contributed by atoms with E-state index >= 15 is 0 Å². The van der Waals surface area contributed by atoms with Gasteiger partial charge < -0.3 is 29.8 Å². The first-order valence-electron chi connectivity index (χ1n) is 14.2. The summed E-state index contributed by atoms with van der Waals surface area (Å²) in [7, 11) is 0. The van der Waals surface area contributed by atoms with Crippen LogP contribution in [-0.4, -0.2) is 47.4 Å². The van der Waals surface area contributed by atoms with E-state index in [4.69, 9.17) is 24.7 Å². The van der Waals surface area contributed by atoms with Crippen LogP contribution >= 0.6 is 0 Å². The van der Waals surface area contributed by atoms with Gasteiger partial charge in [0.05, 0.1) is 10.8 Å². The third kappa shape index (κ3) is 9.73. The van der Waals surface area contributed by atoms with Gasteiger partial charge in [-0.25, -0.2) is 4.79 Å². The molecule has 0 aliphatic carbocycles. The van der Waals surface area contributed by atoms with E-state index in [1.165, 1.54) is 12.1 Å². The fourth-order valence-electron chi connectivity index (χ4n) is 3.52. The zero-order valence-electron chi connectivity index (χ0n) is 26.4. The Kier molecular flexibility index (Phi) is 12.8. The van der Waals surface area contributed by atoms with Crippen LogP contribution in [-0.2, 0) is 23.9 Å². The number of esters is 2. The molecule has 5 atom stereocenters. The van der Waals surface area contributed by atoms with E-state index in [9.17, 15) is 24.3 Å². The normalized spacial score (nSPS) is 15.7. The summed E-state index contributed by atoms with van der Waals surface area (Å²) in [6.07, 6.45) is -1.02. The zero-order valence-corrected chi connectivity index (χ0v) is 26.4. The number of carboxylic acid groups (broad SMARTS) is 1. The topological polar surface area (TPSA) is 151 Å². The van der Waals surface area contributed by atoms with Crippen molar-refractivity contribution in [3.05, 3.63) is 23.8 Å². The summed E-state index contributed by atoms with van der Waals surface area (Å²) in [5, 5.41) is 9.84. The van der Waals surface area contributed by atoms with Gasteiger partial charge in [-0.15, -0.1) is 0 Å². The molecule has 1 aromatic rings. The van der Waals surface area contributed by atoms with Crippen molar-refractivity contribution >= 4 is 24.1 Å². The summed E-state index contributed by atoms with van der Waals surface area (Å²) < 4.78 is 22.2. The van der Waals surface area contributed by atoms with Crippen molar-refractivity contribution in [2.75, 3.05) is 0 Å². The molecule has 0 spiro atoms. The molecule has 0 aromatic heterocycles. The van der Waals surface area contributed by atoms with Crippen molar-refractivity contribution in [3.8, 4) is 11.5 Å². The van der Waals surface area contributed by atoms with Crippen LogP contribution < -0.4 is 15.2 Å². The highest BCUT2D eigenvalue weighted by Gasteiger charge is 2.37. The molecule has 0 saturated carbocycles. The van der Waals surface area contributed by atoms with Gasteiger partial charge in [0.1, 0.15) is 18.2 Å². The highest BCUT2D eigenvalue weighted by Crippen LogP contribution is 2.39. The molecule has 0 amide bonds. The van der Waals surface area contributed by atoms with Gasteiger partial charge in [-0.3, -0.25) is 14.4 Å². The minimum absolute atomic E-state index is 0.0198. The lowest BCUT2D eigenvalue weighted by atomic mass is 9.79. The number of carbonyl (C=O) groups excluding carboxylic acids is 3. The zero-order chi connectivity index (χ0) is 31.9. The van der Waals surface area contributed by atoms with Gasteiger partial charge in [0, 0.05) is 11.8 Å². The fraction of sp³-hybridized carbons (Fsp3) is 0.677. The maximum absolute atomic E-state index is 13.0. The van der Waals surface area contributed by atoms with E-state index in [1.54, 1.807) is 54.5 Å². The Morgan fingerprint density at radius 3 is 1.71 bits per heavy atom. The van der Waals surface area contributed by atoms with Crippen LogP contribution in [0.15, 0.2) is 18.2 Å². The predicted octanol–water partition coefficient (Wildman–Crippen LogP) is 6.09. The number of hydrogen-bond donors (Lipinski definition) is 2. The molecule has 0 fully saturated rings. The summed E-state index contributed by atoms with van der Waals surface area (Å²) in [6, 6.07) is 3.09. The van der Waals surface area contributed by atoms with Gasteiger partial charge in [0.2, 0.25) is 0 Å². The number of rotatable bonds is 14. The average molecular weight is 580 g/mol. The lowest BCUT2D eigenvalue weighted by molar-refractivity contribution is -0.147. The number of benzene rings is 1. The van der Waals surface area contributed by atoms with E-state index in [2.05, 4.69) is 0 Å². The van der Waals surface area contributed by atoms with E-state index in [0.717, 1.165) is 0 Å². The summed E-state index contributed by atoms with van der Waals surface area (Å²) in [5.74, 6) is -3.75. The maximum atomic E-state index is 13.0. The number of carbonyl (C=O) groups is 4. The quantitative estimate of drug-likeness (QED) is 0.196. The van der Waals surface area contributed by atoms with Crippen LogP contribution in [0.25, 0.3) is 0 Å². The molecule has 0 bridgehead atoms. The number of carboxylic acids is 1. The number of hydrogen-bond acceptors (Lipinski definition) is 9. The second-order valence-electron chi connectivity index (χ2n) is 12.3. The molecular formula is C31H49NO9. The van der Waals surface area contributed by atoms with Crippen molar-refractivity contribution in [2.45, 2.75) is 113 Å². The standard InChI is InChI=1S/C31H49NO9/c1-12-30(8,9)27(35)40-22-15-14-21(16-23(22)41-28(36)31(10,11)13-2)24(25(32)26(33)34)18(5)20(7)39-29(37)38-19(6)17(3)4/h14-20,24-25H,12-13,32H2,1-11H3,(H,33,34)/t18?,19?,20?,24?,25-/m0/s1. The molecule has 3 N–H and O–H groups in total. The molecule has 41 heavy (non-hydrogen) atoms. The smallest absolute Gasteiger partial charge is 0.480 e. The van der Waals surface area contributed by atoms with Crippen molar-refractivity contribution in [3.63, 3.8) is 0 Å². The summed E-state index contributed by atoms with van der Waals surface area (Å²) >= 11 is 0. The highest BCUT2D eigenvalue weighted by molar-refractivity contribution is 5.82. The molecule has 0 radical (unpaired) electrons. The molecule has 4 unspecified atom stereocenters. The lowest BCUT2D eigenvalue weighted by Crippen LogP contribution is -2.43. The van der Waals surface area contributed by atoms with Crippen LogP contribution in [0.4, 0.5) is 4.79 Å². The fourth-order valence-corrected chi connectivity index (χ4v) is 3.52. The molecule has 0 aliphatic heterocycles. The monoisotopic (exact) mass is 579 g/mol. The van der Waals surface area contributed by atoms with E-state index in [-0.39, 0.29) is 23.5 Å². The number of aliphatic carboxylic acids is 1. The Morgan fingerprint density at radius 1 is 0.805 bits per heavy atom. The molecule has 1 rings (SSSR count). The lowest BCUT2D eigenvalue weighted by Gasteiger charge is -2.32. The molecule has 232 valence electrons. The third-order valence-corrected chi connectivity index (χ3v) is 8.11. The molecular weight excluding hydrogens is 530 g/mol. The van der Waals surface area contributed by atoms with E-state index in [1.807, 2.05) is 27.7 Å². The minimum Gasteiger partial charge on any atom is -0.480 e. The molecule has 0 aliphatic rings. The Labute approximate surface area is 244 Å². The van der Waals surface area contributed by atoms with Gasteiger partial charge in [-0.05, 0) is 78.0 Å². The van der Waals surface area contributed by atoms with E-state index in [0.29, 0.717) is 18.4 Å². The summed E-state index contributed by atoms with van der Waals surface area (Å²) in [5.41, 5.74) is 4.93. The first-order valence-corrected chi connectivity index (χ1v) is 14.2. The van der Waals surface area contributed by atoms with Gasteiger partial charge in [0.25, 0.3) is 0 Å². The van der Waals surface area contributed by atoms with Crippen LogP contribution in [0.2, 0.25) is 0 Å². The summed E-state index contributed by atoms with van der Waals surface area (Å²) in [6.45, 7) is 19.6. The van der Waals surface area contributed by atoms with Crippen LogP contribution in [0.5, 0.6) is 11.5 Å². The van der Waals surface area contributed by atoms with Gasteiger partial charge in [-0.1, -0.05) is 40.7 Å². The minimum atomic E-state index is -1.40. The van der Waals surface area contributed by atoms with E-state index < -0.39 is 58.9 Å². The van der Waals surface area contributed by atoms with Crippen molar-refractivity contribution in [2.24, 2.45) is 28.4 Å². The van der Waals surface area contributed by atoms with Gasteiger partial charge >= 0.3 is 24.1 Å². The van der Waals surface area contributed by atoms with Gasteiger partial charge in [0.15, 0.2) is 11.5 Å².